The molecular formula is C12H19FN2. The van der Waals surface area contributed by atoms with Gasteiger partial charge in [-0.05, 0) is 38.6 Å². The van der Waals surface area contributed by atoms with Gasteiger partial charge in [-0.1, -0.05) is 0 Å². The molecule has 1 aliphatic carbocycles. The van der Waals surface area contributed by atoms with Crippen LogP contribution in [-0.4, -0.2) is 30.7 Å². The molecule has 1 atom stereocenters. The average molecular weight is 210 g/mol. The van der Waals surface area contributed by atoms with E-state index in [0.29, 0.717) is 6.04 Å². The molecule has 0 amide bonds. The first kappa shape index (κ1) is 10.9. The van der Waals surface area contributed by atoms with Crippen LogP contribution in [0, 0.1) is 23.2 Å². The van der Waals surface area contributed by atoms with Gasteiger partial charge in [0.25, 0.3) is 0 Å². The molecule has 84 valence electrons. The minimum atomic E-state index is -0.163. The van der Waals surface area contributed by atoms with Gasteiger partial charge in [0.2, 0.25) is 0 Å². The molecule has 0 bridgehead atoms. The Morgan fingerprint density at radius 1 is 1.20 bits per heavy atom. The summed E-state index contributed by atoms with van der Waals surface area (Å²) in [5.41, 5.74) is 0. The highest BCUT2D eigenvalue weighted by atomic mass is 19.1. The summed E-state index contributed by atoms with van der Waals surface area (Å²) in [5, 5.41) is 8.81. The summed E-state index contributed by atoms with van der Waals surface area (Å²) in [4.78, 5) is 2.44. The summed E-state index contributed by atoms with van der Waals surface area (Å²) >= 11 is 0. The van der Waals surface area contributed by atoms with Crippen molar-refractivity contribution in [2.24, 2.45) is 11.8 Å². The third-order valence-electron chi connectivity index (χ3n) is 3.93. The van der Waals surface area contributed by atoms with Crippen LogP contribution in [-0.2, 0) is 0 Å². The quantitative estimate of drug-likeness (QED) is 0.699. The number of rotatable bonds is 2. The van der Waals surface area contributed by atoms with Crippen molar-refractivity contribution in [2.45, 2.75) is 38.1 Å². The second-order valence-corrected chi connectivity index (χ2v) is 4.94. The molecule has 15 heavy (non-hydrogen) atoms. The van der Waals surface area contributed by atoms with Gasteiger partial charge in [-0.2, -0.15) is 5.26 Å². The molecule has 1 unspecified atom stereocenters. The molecule has 3 heteroatoms. The SMILES string of the molecule is N#CC1CCC(N2CCC(CF)C2)CC1. The van der Waals surface area contributed by atoms with E-state index in [1.54, 1.807) is 0 Å². The van der Waals surface area contributed by atoms with Crippen LogP contribution in [0.2, 0.25) is 0 Å². The van der Waals surface area contributed by atoms with Crippen molar-refractivity contribution in [3.63, 3.8) is 0 Å². The Balaban J connectivity index is 1.79. The Hall–Kier alpha value is -0.620. The minimum absolute atomic E-state index is 0.163. The highest BCUT2D eigenvalue weighted by molar-refractivity contribution is 4.91. The first-order valence-corrected chi connectivity index (χ1v) is 6.03. The second-order valence-electron chi connectivity index (χ2n) is 4.94. The smallest absolute Gasteiger partial charge is 0.0935 e. The molecule has 2 aliphatic rings. The largest absolute Gasteiger partial charge is 0.300 e. The zero-order valence-electron chi connectivity index (χ0n) is 9.16. The van der Waals surface area contributed by atoms with Crippen LogP contribution in [0.25, 0.3) is 0 Å². The Kier molecular flexibility index (Phi) is 3.58. The van der Waals surface area contributed by atoms with Gasteiger partial charge in [0, 0.05) is 24.4 Å². The van der Waals surface area contributed by atoms with Crippen LogP contribution >= 0.6 is 0 Å². The van der Waals surface area contributed by atoms with E-state index >= 15 is 0 Å². The normalized spacial score (nSPS) is 37.7. The fourth-order valence-corrected chi connectivity index (χ4v) is 2.89. The number of likely N-dealkylation sites (tertiary alicyclic amines) is 1. The van der Waals surface area contributed by atoms with E-state index < -0.39 is 0 Å². The van der Waals surface area contributed by atoms with Gasteiger partial charge in [0.1, 0.15) is 0 Å². The molecule has 0 aromatic heterocycles. The zero-order valence-corrected chi connectivity index (χ0v) is 9.16. The van der Waals surface area contributed by atoms with Crippen LogP contribution in [0.15, 0.2) is 0 Å². The Bertz CT molecular complexity index is 240. The van der Waals surface area contributed by atoms with Crippen molar-refractivity contribution in [1.82, 2.24) is 4.90 Å². The molecule has 2 nitrogen and oxygen atoms in total. The summed E-state index contributed by atoms with van der Waals surface area (Å²) < 4.78 is 12.5. The minimum Gasteiger partial charge on any atom is -0.300 e. The molecule has 2 fully saturated rings. The van der Waals surface area contributed by atoms with Crippen molar-refractivity contribution in [1.29, 1.82) is 5.26 Å². The molecular weight excluding hydrogens is 191 g/mol. The van der Waals surface area contributed by atoms with Crippen molar-refractivity contribution >= 4 is 0 Å². The van der Waals surface area contributed by atoms with Crippen LogP contribution in [0.1, 0.15) is 32.1 Å². The van der Waals surface area contributed by atoms with E-state index in [2.05, 4.69) is 11.0 Å². The first-order chi connectivity index (χ1) is 7.33. The predicted octanol–water partition coefficient (Wildman–Crippen LogP) is 2.36. The standard InChI is InChI=1S/C12H19FN2/c13-7-11-5-6-15(9-11)12-3-1-10(8-14)2-4-12/h10-12H,1-7,9H2. The fraction of sp³-hybridized carbons (Fsp3) is 0.917. The summed E-state index contributed by atoms with van der Waals surface area (Å²) in [5.74, 6) is 0.555. The average Bonchev–Trinajstić information content (AvgIpc) is 2.78. The number of nitriles is 1. The molecule has 2 rings (SSSR count). The van der Waals surface area contributed by atoms with E-state index in [1.807, 2.05) is 0 Å². The van der Waals surface area contributed by atoms with Gasteiger partial charge < -0.3 is 4.90 Å². The van der Waals surface area contributed by atoms with Crippen LogP contribution in [0.5, 0.6) is 0 Å². The lowest BCUT2D eigenvalue weighted by atomic mass is 9.86. The third-order valence-corrected chi connectivity index (χ3v) is 3.93. The zero-order chi connectivity index (χ0) is 10.7. The summed E-state index contributed by atoms with van der Waals surface area (Å²) in [6, 6.07) is 2.99. The number of alkyl halides is 1. The van der Waals surface area contributed by atoms with E-state index in [0.717, 1.165) is 45.2 Å². The lowest BCUT2D eigenvalue weighted by Gasteiger charge is -2.32. The number of hydrogen-bond donors (Lipinski definition) is 0. The van der Waals surface area contributed by atoms with Gasteiger partial charge in [0.05, 0.1) is 12.7 Å². The Morgan fingerprint density at radius 2 is 1.93 bits per heavy atom. The molecule has 1 aliphatic heterocycles. The highest BCUT2D eigenvalue weighted by Crippen LogP contribution is 2.30. The predicted molar refractivity (Wildman–Crippen MR) is 57.0 cm³/mol. The third kappa shape index (κ3) is 2.49. The molecule has 1 saturated carbocycles. The molecule has 0 aromatic carbocycles. The summed E-state index contributed by atoms with van der Waals surface area (Å²) in [6.07, 6.45) is 5.37. The summed E-state index contributed by atoms with van der Waals surface area (Å²) in [7, 11) is 0. The molecule has 0 aromatic rings. The topological polar surface area (TPSA) is 27.0 Å². The van der Waals surface area contributed by atoms with Gasteiger partial charge >= 0.3 is 0 Å². The van der Waals surface area contributed by atoms with Gasteiger partial charge in [-0.3, -0.25) is 4.39 Å². The van der Waals surface area contributed by atoms with E-state index in [1.165, 1.54) is 0 Å². The fourth-order valence-electron chi connectivity index (χ4n) is 2.89. The van der Waals surface area contributed by atoms with Crippen molar-refractivity contribution in [2.75, 3.05) is 19.8 Å². The molecule has 1 heterocycles. The molecule has 0 spiro atoms. The lowest BCUT2D eigenvalue weighted by molar-refractivity contribution is 0.169. The number of nitrogens with zero attached hydrogens (tertiary/aromatic N) is 2. The Labute approximate surface area is 91.1 Å². The van der Waals surface area contributed by atoms with Gasteiger partial charge in [0.15, 0.2) is 0 Å². The monoisotopic (exact) mass is 210 g/mol. The van der Waals surface area contributed by atoms with Crippen molar-refractivity contribution in [3.05, 3.63) is 0 Å². The maximum Gasteiger partial charge on any atom is 0.0935 e. The van der Waals surface area contributed by atoms with Crippen LogP contribution in [0.3, 0.4) is 0 Å². The molecule has 0 N–H and O–H groups in total. The number of halogens is 1. The summed E-state index contributed by atoms with van der Waals surface area (Å²) in [6.45, 7) is 1.85. The highest BCUT2D eigenvalue weighted by Gasteiger charge is 2.30. The Morgan fingerprint density at radius 3 is 2.47 bits per heavy atom. The van der Waals surface area contributed by atoms with Gasteiger partial charge in [-0.25, -0.2) is 0 Å². The van der Waals surface area contributed by atoms with Crippen molar-refractivity contribution in [3.8, 4) is 6.07 Å². The first-order valence-electron chi connectivity index (χ1n) is 6.03. The molecule has 0 radical (unpaired) electrons. The lowest BCUT2D eigenvalue weighted by Crippen LogP contribution is -2.36. The van der Waals surface area contributed by atoms with Crippen LogP contribution < -0.4 is 0 Å². The van der Waals surface area contributed by atoms with Crippen molar-refractivity contribution < 1.29 is 4.39 Å². The van der Waals surface area contributed by atoms with Crippen LogP contribution in [0.4, 0.5) is 4.39 Å². The number of hydrogen-bond acceptors (Lipinski definition) is 2. The second kappa shape index (κ2) is 4.94. The van der Waals surface area contributed by atoms with E-state index in [4.69, 9.17) is 5.26 Å². The van der Waals surface area contributed by atoms with E-state index in [9.17, 15) is 4.39 Å². The van der Waals surface area contributed by atoms with E-state index in [-0.39, 0.29) is 18.5 Å². The maximum atomic E-state index is 12.5. The molecule has 1 saturated heterocycles. The maximum absolute atomic E-state index is 12.5. The van der Waals surface area contributed by atoms with Gasteiger partial charge in [-0.15, -0.1) is 0 Å².